The Morgan fingerprint density at radius 2 is 1.90 bits per heavy atom. The minimum absolute atomic E-state index is 0.185. The number of amides is 1. The van der Waals surface area contributed by atoms with Gasteiger partial charge in [0.15, 0.2) is 0 Å². The summed E-state index contributed by atoms with van der Waals surface area (Å²) in [7, 11) is 0. The van der Waals surface area contributed by atoms with Crippen LogP contribution in [0.1, 0.15) is 16.7 Å². The van der Waals surface area contributed by atoms with Crippen LogP contribution in [0, 0.1) is 25.2 Å². The van der Waals surface area contributed by atoms with E-state index in [2.05, 4.69) is 36.9 Å². The Balaban J connectivity index is 1.89. The van der Waals surface area contributed by atoms with Crippen LogP contribution in [0.25, 0.3) is 0 Å². The van der Waals surface area contributed by atoms with Crippen LogP contribution >= 0.6 is 0 Å². The minimum Gasteiger partial charge on any atom is -0.340 e. The first kappa shape index (κ1) is 14.5. The largest absolute Gasteiger partial charge is 0.340 e. The molecule has 0 atom stereocenters. The van der Waals surface area contributed by atoms with Crippen molar-refractivity contribution in [2.75, 3.05) is 32.7 Å². The van der Waals surface area contributed by atoms with Crippen LogP contribution in [-0.2, 0) is 11.2 Å². The lowest BCUT2D eigenvalue weighted by molar-refractivity contribution is -0.132. The molecule has 0 N–H and O–H groups in total. The highest BCUT2D eigenvalue weighted by Gasteiger charge is 2.20. The lowest BCUT2D eigenvalue weighted by atomic mass is 10.0. The number of aryl methyl sites for hydroxylation is 2. The second-order valence-electron chi connectivity index (χ2n) is 5.41. The van der Waals surface area contributed by atoms with E-state index in [0.29, 0.717) is 13.0 Å². The molecule has 0 aliphatic carbocycles. The molecule has 1 amide bonds. The molecule has 20 heavy (non-hydrogen) atoms. The molecule has 106 valence electrons. The molecule has 1 saturated heterocycles. The number of hydrogen-bond acceptors (Lipinski definition) is 3. The van der Waals surface area contributed by atoms with E-state index in [0.717, 1.165) is 31.7 Å². The van der Waals surface area contributed by atoms with Crippen molar-refractivity contribution in [3.05, 3.63) is 34.9 Å². The zero-order valence-corrected chi connectivity index (χ0v) is 12.2. The van der Waals surface area contributed by atoms with E-state index in [1.54, 1.807) is 0 Å². The second kappa shape index (κ2) is 6.53. The van der Waals surface area contributed by atoms with Crippen LogP contribution in [0.15, 0.2) is 18.2 Å². The normalized spacial score (nSPS) is 15.9. The molecule has 0 aromatic heterocycles. The van der Waals surface area contributed by atoms with Crippen LogP contribution in [0.5, 0.6) is 0 Å². The maximum atomic E-state index is 12.3. The summed E-state index contributed by atoms with van der Waals surface area (Å²) >= 11 is 0. The Bertz CT molecular complexity index is 525. The molecule has 1 aliphatic heterocycles. The van der Waals surface area contributed by atoms with Crippen LogP contribution in [0.2, 0.25) is 0 Å². The van der Waals surface area contributed by atoms with E-state index >= 15 is 0 Å². The molecular formula is C16H21N3O. The van der Waals surface area contributed by atoms with Crippen LogP contribution in [-0.4, -0.2) is 48.4 Å². The van der Waals surface area contributed by atoms with Crippen molar-refractivity contribution in [1.29, 1.82) is 5.26 Å². The van der Waals surface area contributed by atoms with Gasteiger partial charge in [0.1, 0.15) is 0 Å². The maximum absolute atomic E-state index is 12.3. The number of nitriles is 1. The Hall–Kier alpha value is -1.86. The van der Waals surface area contributed by atoms with E-state index in [9.17, 15) is 4.79 Å². The summed E-state index contributed by atoms with van der Waals surface area (Å²) in [5.41, 5.74) is 3.57. The first-order valence-electron chi connectivity index (χ1n) is 7.03. The number of carbonyl (C=O) groups excluding carboxylic acids is 1. The number of benzene rings is 1. The van der Waals surface area contributed by atoms with E-state index < -0.39 is 0 Å². The third-order valence-electron chi connectivity index (χ3n) is 3.95. The van der Waals surface area contributed by atoms with Gasteiger partial charge in [0.25, 0.3) is 0 Å². The van der Waals surface area contributed by atoms with E-state index in [1.807, 2.05) is 11.0 Å². The van der Waals surface area contributed by atoms with Gasteiger partial charge in [-0.2, -0.15) is 5.26 Å². The molecule has 1 fully saturated rings. The van der Waals surface area contributed by atoms with Crippen molar-refractivity contribution < 1.29 is 4.79 Å². The number of piperazine rings is 1. The van der Waals surface area contributed by atoms with E-state index in [4.69, 9.17) is 5.26 Å². The Morgan fingerprint density at radius 3 is 2.50 bits per heavy atom. The van der Waals surface area contributed by atoms with Gasteiger partial charge in [0.2, 0.25) is 5.91 Å². The quantitative estimate of drug-likeness (QED) is 0.783. The first-order chi connectivity index (χ1) is 9.60. The molecule has 1 aromatic carbocycles. The number of rotatable bonds is 3. The van der Waals surface area contributed by atoms with Gasteiger partial charge in [0.05, 0.1) is 19.0 Å². The summed E-state index contributed by atoms with van der Waals surface area (Å²) in [6, 6.07) is 8.36. The zero-order chi connectivity index (χ0) is 14.5. The highest BCUT2D eigenvalue weighted by atomic mass is 16.2. The molecule has 1 aliphatic rings. The molecular weight excluding hydrogens is 250 g/mol. The summed E-state index contributed by atoms with van der Waals surface area (Å²) in [5.74, 6) is 0.185. The summed E-state index contributed by atoms with van der Waals surface area (Å²) in [5, 5.41) is 8.66. The third-order valence-corrected chi connectivity index (χ3v) is 3.95. The molecule has 0 spiro atoms. The van der Waals surface area contributed by atoms with Gasteiger partial charge in [-0.1, -0.05) is 18.2 Å². The van der Waals surface area contributed by atoms with Crippen molar-refractivity contribution in [2.24, 2.45) is 0 Å². The predicted molar refractivity (Wildman–Crippen MR) is 78.3 cm³/mol. The number of carbonyl (C=O) groups is 1. The fourth-order valence-electron chi connectivity index (χ4n) is 2.46. The van der Waals surface area contributed by atoms with Crippen molar-refractivity contribution in [1.82, 2.24) is 9.80 Å². The van der Waals surface area contributed by atoms with Crippen molar-refractivity contribution >= 4 is 5.91 Å². The van der Waals surface area contributed by atoms with Crippen LogP contribution in [0.4, 0.5) is 0 Å². The van der Waals surface area contributed by atoms with Gasteiger partial charge in [-0.15, -0.1) is 0 Å². The Morgan fingerprint density at radius 1 is 1.20 bits per heavy atom. The molecule has 2 rings (SSSR count). The van der Waals surface area contributed by atoms with E-state index in [-0.39, 0.29) is 5.91 Å². The van der Waals surface area contributed by atoms with Gasteiger partial charge in [0, 0.05) is 26.2 Å². The average molecular weight is 271 g/mol. The monoisotopic (exact) mass is 271 g/mol. The molecule has 1 aromatic rings. The lowest BCUT2D eigenvalue weighted by Crippen LogP contribution is -2.49. The number of nitrogens with zero attached hydrogens (tertiary/aromatic N) is 3. The smallest absolute Gasteiger partial charge is 0.227 e. The molecule has 0 unspecified atom stereocenters. The molecule has 0 bridgehead atoms. The van der Waals surface area contributed by atoms with E-state index in [1.165, 1.54) is 11.1 Å². The molecule has 1 heterocycles. The SMILES string of the molecule is Cc1ccc(CC(=O)N2CCN(CC#N)CC2)cc1C. The Kier molecular flexibility index (Phi) is 4.75. The zero-order valence-electron chi connectivity index (χ0n) is 12.2. The fraction of sp³-hybridized carbons (Fsp3) is 0.500. The second-order valence-corrected chi connectivity index (χ2v) is 5.41. The Labute approximate surface area is 120 Å². The van der Waals surface area contributed by atoms with Gasteiger partial charge >= 0.3 is 0 Å². The highest BCUT2D eigenvalue weighted by Crippen LogP contribution is 2.12. The summed E-state index contributed by atoms with van der Waals surface area (Å²) < 4.78 is 0. The standard InChI is InChI=1S/C16H21N3O/c1-13-3-4-15(11-14(13)2)12-16(20)19-9-7-18(6-5-17)8-10-19/h3-4,11H,6-10,12H2,1-2H3. The van der Waals surface area contributed by atoms with Crippen LogP contribution in [0.3, 0.4) is 0 Å². The molecule has 0 radical (unpaired) electrons. The summed E-state index contributed by atoms with van der Waals surface area (Å²) in [6.45, 7) is 7.66. The van der Waals surface area contributed by atoms with Gasteiger partial charge < -0.3 is 4.90 Å². The fourth-order valence-corrected chi connectivity index (χ4v) is 2.46. The van der Waals surface area contributed by atoms with Gasteiger partial charge in [-0.3, -0.25) is 9.69 Å². The predicted octanol–water partition coefficient (Wildman–Crippen LogP) is 1.51. The third kappa shape index (κ3) is 3.58. The first-order valence-corrected chi connectivity index (χ1v) is 7.03. The summed E-state index contributed by atoms with van der Waals surface area (Å²) in [4.78, 5) is 16.3. The van der Waals surface area contributed by atoms with Crippen LogP contribution < -0.4 is 0 Å². The maximum Gasteiger partial charge on any atom is 0.227 e. The topological polar surface area (TPSA) is 47.3 Å². The number of hydrogen-bond donors (Lipinski definition) is 0. The highest BCUT2D eigenvalue weighted by molar-refractivity contribution is 5.79. The molecule has 0 saturated carbocycles. The minimum atomic E-state index is 0.185. The van der Waals surface area contributed by atoms with Crippen molar-refractivity contribution in [3.8, 4) is 6.07 Å². The molecule has 4 nitrogen and oxygen atoms in total. The lowest BCUT2D eigenvalue weighted by Gasteiger charge is -2.33. The molecule has 4 heteroatoms. The van der Waals surface area contributed by atoms with Gasteiger partial charge in [-0.05, 0) is 30.5 Å². The summed E-state index contributed by atoms with van der Waals surface area (Å²) in [6.07, 6.45) is 0.472. The van der Waals surface area contributed by atoms with Crippen molar-refractivity contribution in [3.63, 3.8) is 0 Å². The van der Waals surface area contributed by atoms with Crippen molar-refractivity contribution in [2.45, 2.75) is 20.3 Å². The van der Waals surface area contributed by atoms with Gasteiger partial charge in [-0.25, -0.2) is 0 Å². The average Bonchev–Trinajstić information content (AvgIpc) is 2.44.